The van der Waals surface area contributed by atoms with Crippen molar-refractivity contribution in [2.45, 2.75) is 5.41 Å². The van der Waals surface area contributed by atoms with E-state index in [0.717, 1.165) is 27.8 Å². The van der Waals surface area contributed by atoms with Gasteiger partial charge >= 0.3 is 0 Å². The van der Waals surface area contributed by atoms with Gasteiger partial charge in [0.25, 0.3) is 0 Å². The predicted octanol–water partition coefficient (Wildman–Crippen LogP) is 7.84. The molecule has 0 atom stereocenters. The van der Waals surface area contributed by atoms with Gasteiger partial charge in [-0.2, -0.15) is 0 Å². The Labute approximate surface area is 188 Å². The largest absolute Gasteiger partial charge is 0.0843 e. The highest BCUT2D eigenvalue weighted by Crippen LogP contribution is 2.61. The fraction of sp³-hybridized carbons (Fsp3) is 0.0345. The van der Waals surface area contributed by atoms with E-state index < -0.39 is 5.41 Å². The Hall–Kier alpha value is -3.35. The average molecular weight is 407 g/mol. The molecule has 2 aliphatic carbocycles. The summed E-state index contributed by atoms with van der Waals surface area (Å²) in [5.41, 5.74) is 5.21. The molecule has 0 saturated heterocycles. The molecule has 0 fully saturated rings. The van der Waals surface area contributed by atoms with E-state index in [-0.39, 0.29) is 41.6 Å². The molecule has 0 amide bonds. The predicted molar refractivity (Wildman–Crippen MR) is 125 cm³/mol. The molecule has 0 bridgehead atoms. The normalized spacial score (nSPS) is 17.2. The second-order valence-electron chi connectivity index (χ2n) is 7.78. The molecule has 0 heterocycles. The maximum absolute atomic E-state index is 9.20. The molecule has 0 aliphatic heterocycles. The highest BCUT2D eigenvalue weighted by atomic mass is 35.5. The molecular formula is C29H17Cl. The van der Waals surface area contributed by atoms with Crippen LogP contribution in [0.4, 0.5) is 0 Å². The zero-order chi connectivity index (χ0) is 25.1. The van der Waals surface area contributed by atoms with Gasteiger partial charge in [-0.3, -0.25) is 0 Å². The fourth-order valence-corrected chi connectivity index (χ4v) is 5.60. The van der Waals surface area contributed by atoms with Crippen molar-refractivity contribution in [1.82, 2.24) is 0 Å². The van der Waals surface area contributed by atoms with Crippen molar-refractivity contribution in [1.29, 1.82) is 0 Å². The van der Waals surface area contributed by atoms with Gasteiger partial charge in [0.05, 0.1) is 13.6 Å². The molecule has 0 saturated carbocycles. The van der Waals surface area contributed by atoms with Crippen LogP contribution in [0.3, 0.4) is 0 Å². The lowest BCUT2D eigenvalue weighted by Gasteiger charge is -2.40. The number of benzene rings is 5. The van der Waals surface area contributed by atoms with Gasteiger partial charge in [0.1, 0.15) is 0 Å². The molecule has 140 valence electrons. The zero-order valence-corrected chi connectivity index (χ0v) is 16.5. The molecule has 1 spiro atoms. The summed E-state index contributed by atoms with van der Waals surface area (Å²) in [5, 5.41) is 1.08. The second kappa shape index (κ2) is 5.62. The third kappa shape index (κ3) is 1.79. The molecule has 0 aromatic heterocycles. The van der Waals surface area contributed by atoms with Gasteiger partial charge in [-0.15, -0.1) is 0 Å². The summed E-state index contributed by atoms with van der Waals surface area (Å²) >= 11 is 6.59. The van der Waals surface area contributed by atoms with Crippen LogP contribution in [0.5, 0.6) is 0 Å². The van der Waals surface area contributed by atoms with Gasteiger partial charge in [-0.1, -0.05) is 102 Å². The lowest BCUT2D eigenvalue weighted by Crippen LogP contribution is -2.31. The van der Waals surface area contributed by atoms with Crippen molar-refractivity contribution in [3.63, 3.8) is 0 Å². The Balaban J connectivity index is 1.88. The molecule has 30 heavy (non-hydrogen) atoms. The molecular weight excluding hydrogens is 384 g/mol. The van der Waals surface area contributed by atoms with Crippen LogP contribution in [0, 0.1) is 0 Å². The first kappa shape index (κ1) is 11.7. The average Bonchev–Trinajstić information content (AvgIpc) is 3.17. The summed E-state index contributed by atoms with van der Waals surface area (Å²) in [6.07, 6.45) is 0. The van der Waals surface area contributed by atoms with E-state index in [2.05, 4.69) is 0 Å². The van der Waals surface area contributed by atoms with Crippen molar-refractivity contribution in [2.24, 2.45) is 0 Å². The van der Waals surface area contributed by atoms with Crippen molar-refractivity contribution >= 4 is 22.4 Å². The van der Waals surface area contributed by atoms with E-state index in [0.29, 0.717) is 27.1 Å². The van der Waals surface area contributed by atoms with Gasteiger partial charge in [-0.25, -0.2) is 0 Å². The van der Waals surface area contributed by atoms with Crippen LogP contribution in [0.1, 0.15) is 30.5 Å². The maximum Gasteiger partial charge on any atom is 0.0726 e. The van der Waals surface area contributed by atoms with Crippen LogP contribution in [0.2, 0.25) is 5.02 Å². The Morgan fingerprint density at radius 1 is 0.600 bits per heavy atom. The summed E-state index contributed by atoms with van der Waals surface area (Å²) < 4.78 is 52.7. The van der Waals surface area contributed by atoms with Gasteiger partial charge in [0.15, 0.2) is 0 Å². The first-order valence-corrected chi connectivity index (χ1v) is 10.2. The van der Waals surface area contributed by atoms with E-state index in [1.807, 2.05) is 60.7 Å². The van der Waals surface area contributed by atoms with Crippen LogP contribution in [0.15, 0.2) is 103 Å². The first-order valence-electron chi connectivity index (χ1n) is 12.8. The summed E-state index contributed by atoms with van der Waals surface area (Å²) in [5.74, 6) is 0. The molecule has 0 unspecified atom stereocenters. The van der Waals surface area contributed by atoms with Crippen molar-refractivity contribution < 1.29 is 8.22 Å². The van der Waals surface area contributed by atoms with E-state index in [9.17, 15) is 1.37 Å². The Morgan fingerprint density at radius 3 is 1.97 bits per heavy atom. The van der Waals surface area contributed by atoms with E-state index >= 15 is 0 Å². The Kier molecular flexibility index (Phi) is 2.20. The summed E-state index contributed by atoms with van der Waals surface area (Å²) in [4.78, 5) is 0. The molecule has 0 nitrogen and oxygen atoms in total. The molecule has 0 radical (unpaired) electrons. The molecule has 1 heteroatoms. The van der Waals surface area contributed by atoms with Gasteiger partial charge in [0, 0.05) is 5.02 Å². The molecule has 5 aromatic carbocycles. The topological polar surface area (TPSA) is 0 Å². The van der Waals surface area contributed by atoms with Crippen LogP contribution in [-0.4, -0.2) is 0 Å². The SMILES string of the molecule is [2H]c1c([2H])c2c3c(c([2H])c([2H])c([2H])c3c1[2H])C1(c3ccccc3-c3ccccc31)c1cc(Cl)ccc1-2. The quantitative estimate of drug-likeness (QED) is 0.240. The molecule has 0 N–H and O–H groups in total. The van der Waals surface area contributed by atoms with Crippen LogP contribution < -0.4 is 0 Å². The zero-order valence-electron chi connectivity index (χ0n) is 21.7. The van der Waals surface area contributed by atoms with Crippen molar-refractivity contribution in [2.75, 3.05) is 0 Å². The monoisotopic (exact) mass is 406 g/mol. The highest BCUT2D eigenvalue weighted by Gasteiger charge is 2.49. The van der Waals surface area contributed by atoms with E-state index in [1.54, 1.807) is 6.07 Å². The summed E-state index contributed by atoms with van der Waals surface area (Å²) in [7, 11) is 0. The summed E-state index contributed by atoms with van der Waals surface area (Å²) in [6, 6.07) is 20.1. The van der Waals surface area contributed by atoms with E-state index in [4.69, 9.17) is 18.5 Å². The number of fused-ring (bicyclic) bond motifs is 9. The van der Waals surface area contributed by atoms with Gasteiger partial charge < -0.3 is 0 Å². The molecule has 7 rings (SSSR count). The number of halogens is 1. The maximum atomic E-state index is 9.20. The third-order valence-corrected chi connectivity index (χ3v) is 6.72. The Bertz CT molecular complexity index is 1770. The molecule has 5 aromatic rings. The van der Waals surface area contributed by atoms with Crippen LogP contribution in [-0.2, 0) is 5.41 Å². The lowest BCUT2D eigenvalue weighted by atomic mass is 9.61. The highest BCUT2D eigenvalue weighted by molar-refractivity contribution is 6.31. The Morgan fingerprint density at radius 2 is 1.23 bits per heavy atom. The standard InChI is InChI=1S/C29H17Cl/c30-19-15-16-22-23-11-5-7-18-8-6-14-26(28(18)23)29(27(22)17-19)24-12-3-1-9-20(24)21-10-2-4-13-25(21)29/h1-17H/i5D,6D,7D,8D,11D,14D. The summed E-state index contributed by atoms with van der Waals surface area (Å²) in [6.45, 7) is 0. The molecule has 2 aliphatic rings. The smallest absolute Gasteiger partial charge is 0.0726 e. The number of hydrogen-bond donors (Lipinski definition) is 0. The fourth-order valence-electron chi connectivity index (χ4n) is 5.43. The van der Waals surface area contributed by atoms with E-state index in [1.165, 1.54) is 0 Å². The minimum Gasteiger partial charge on any atom is -0.0843 e. The van der Waals surface area contributed by atoms with Crippen LogP contribution in [0.25, 0.3) is 33.0 Å². The van der Waals surface area contributed by atoms with Crippen LogP contribution >= 0.6 is 11.6 Å². The lowest BCUT2D eigenvalue weighted by molar-refractivity contribution is 0.773. The van der Waals surface area contributed by atoms with Crippen molar-refractivity contribution in [3.8, 4) is 22.3 Å². The second-order valence-corrected chi connectivity index (χ2v) is 8.22. The minimum absolute atomic E-state index is 0.109. The van der Waals surface area contributed by atoms with Gasteiger partial charge in [-0.05, 0) is 67.4 Å². The number of rotatable bonds is 0. The minimum atomic E-state index is -1.03. The van der Waals surface area contributed by atoms with Gasteiger partial charge in [0.2, 0.25) is 0 Å². The first-order chi connectivity index (χ1) is 17.3. The number of hydrogen-bond acceptors (Lipinski definition) is 0. The third-order valence-electron chi connectivity index (χ3n) is 6.48. The van der Waals surface area contributed by atoms with Crippen molar-refractivity contribution in [3.05, 3.63) is 130 Å².